The fourth-order valence-electron chi connectivity index (χ4n) is 3.25. The molecule has 0 bridgehead atoms. The predicted octanol–water partition coefficient (Wildman–Crippen LogP) is 3.26. The van der Waals surface area contributed by atoms with Crippen molar-refractivity contribution in [2.24, 2.45) is 11.8 Å². The number of hydrogen-bond donors (Lipinski definition) is 1. The molecule has 3 nitrogen and oxygen atoms in total. The van der Waals surface area contributed by atoms with Crippen molar-refractivity contribution < 1.29 is 9.53 Å². The lowest BCUT2D eigenvalue weighted by Crippen LogP contribution is -2.32. The van der Waals surface area contributed by atoms with Crippen molar-refractivity contribution in [3.05, 3.63) is 0 Å². The van der Waals surface area contributed by atoms with E-state index in [-0.39, 0.29) is 5.91 Å². The van der Waals surface area contributed by atoms with Gasteiger partial charge in [-0.2, -0.15) is 0 Å². The lowest BCUT2D eigenvalue weighted by Gasteiger charge is -2.22. The number of nitrogens with one attached hydrogen (secondary N) is 1. The number of ether oxygens (including phenoxy) is 1. The standard InChI is InChI=1S/C15H26BrNO2/c16-10-12-4-3-5-13(12)11-17-15(18)8-7-14-6-1-2-9-19-14/h12-14H,1-11H2,(H,17,18). The Kier molecular flexibility index (Phi) is 6.65. The van der Waals surface area contributed by atoms with Crippen LogP contribution >= 0.6 is 15.9 Å². The van der Waals surface area contributed by atoms with Crippen LogP contribution in [0.5, 0.6) is 0 Å². The first-order valence-electron chi connectivity index (χ1n) is 7.74. The Balaban J connectivity index is 1.58. The van der Waals surface area contributed by atoms with Crippen molar-refractivity contribution in [3.8, 4) is 0 Å². The van der Waals surface area contributed by atoms with Crippen molar-refractivity contribution in [1.82, 2.24) is 5.32 Å². The van der Waals surface area contributed by atoms with E-state index in [1.165, 1.54) is 32.1 Å². The van der Waals surface area contributed by atoms with Gasteiger partial charge in [-0.05, 0) is 50.4 Å². The third-order valence-electron chi connectivity index (χ3n) is 4.54. The van der Waals surface area contributed by atoms with Crippen LogP contribution in [0.4, 0.5) is 0 Å². The van der Waals surface area contributed by atoms with E-state index in [1.54, 1.807) is 0 Å². The first-order valence-corrected chi connectivity index (χ1v) is 8.86. The quantitative estimate of drug-likeness (QED) is 0.758. The summed E-state index contributed by atoms with van der Waals surface area (Å²) in [4.78, 5) is 11.9. The third-order valence-corrected chi connectivity index (χ3v) is 5.38. The zero-order chi connectivity index (χ0) is 13.5. The van der Waals surface area contributed by atoms with E-state index < -0.39 is 0 Å². The average Bonchev–Trinajstić information content (AvgIpc) is 2.91. The zero-order valence-corrected chi connectivity index (χ0v) is 13.3. The summed E-state index contributed by atoms with van der Waals surface area (Å²) in [7, 11) is 0. The minimum absolute atomic E-state index is 0.203. The molecule has 2 aliphatic rings. The maximum absolute atomic E-state index is 11.9. The molecule has 0 radical (unpaired) electrons. The second-order valence-electron chi connectivity index (χ2n) is 5.94. The molecule has 2 fully saturated rings. The molecule has 3 unspecified atom stereocenters. The third kappa shape index (κ3) is 5.07. The van der Waals surface area contributed by atoms with Crippen LogP contribution in [-0.4, -0.2) is 30.5 Å². The van der Waals surface area contributed by atoms with Crippen LogP contribution in [0.3, 0.4) is 0 Å². The van der Waals surface area contributed by atoms with Crippen molar-refractivity contribution in [2.45, 2.75) is 57.5 Å². The summed E-state index contributed by atoms with van der Waals surface area (Å²) in [5.74, 6) is 1.63. The maximum Gasteiger partial charge on any atom is 0.220 e. The fraction of sp³-hybridized carbons (Fsp3) is 0.933. The minimum atomic E-state index is 0.203. The molecular formula is C15H26BrNO2. The van der Waals surface area contributed by atoms with Crippen LogP contribution in [0.15, 0.2) is 0 Å². The molecule has 19 heavy (non-hydrogen) atoms. The molecule has 1 N–H and O–H groups in total. The van der Waals surface area contributed by atoms with Crippen molar-refractivity contribution >= 4 is 21.8 Å². The van der Waals surface area contributed by atoms with Crippen molar-refractivity contribution in [1.29, 1.82) is 0 Å². The number of carbonyl (C=O) groups excluding carboxylic acids is 1. The van der Waals surface area contributed by atoms with Crippen LogP contribution in [-0.2, 0) is 9.53 Å². The fourth-order valence-corrected chi connectivity index (χ4v) is 4.10. The number of rotatable bonds is 6. The van der Waals surface area contributed by atoms with Gasteiger partial charge >= 0.3 is 0 Å². The summed E-state index contributed by atoms with van der Waals surface area (Å²) in [5, 5.41) is 4.19. The Morgan fingerprint density at radius 2 is 2.00 bits per heavy atom. The van der Waals surface area contributed by atoms with Crippen LogP contribution in [0.2, 0.25) is 0 Å². The van der Waals surface area contributed by atoms with Crippen LogP contribution in [0.1, 0.15) is 51.4 Å². The normalized spacial score (nSPS) is 31.3. The van der Waals surface area contributed by atoms with Gasteiger partial charge in [-0.3, -0.25) is 4.79 Å². The first-order chi connectivity index (χ1) is 9.29. The van der Waals surface area contributed by atoms with Crippen LogP contribution in [0.25, 0.3) is 0 Å². The van der Waals surface area contributed by atoms with Gasteiger partial charge in [0.1, 0.15) is 0 Å². The molecule has 4 heteroatoms. The molecular weight excluding hydrogens is 306 g/mol. The Bertz CT molecular complexity index is 279. The monoisotopic (exact) mass is 331 g/mol. The van der Waals surface area contributed by atoms with Crippen molar-refractivity contribution in [2.75, 3.05) is 18.5 Å². The highest BCUT2D eigenvalue weighted by atomic mass is 79.9. The molecule has 1 amide bonds. The molecule has 3 atom stereocenters. The Morgan fingerprint density at radius 1 is 1.16 bits per heavy atom. The Morgan fingerprint density at radius 3 is 2.74 bits per heavy atom. The Hall–Kier alpha value is -0.0900. The molecule has 1 aliphatic carbocycles. The van der Waals surface area contributed by atoms with E-state index in [9.17, 15) is 4.79 Å². The molecule has 1 saturated carbocycles. The average molecular weight is 332 g/mol. The van der Waals surface area contributed by atoms with Crippen molar-refractivity contribution in [3.63, 3.8) is 0 Å². The van der Waals surface area contributed by atoms with Gasteiger partial charge in [-0.1, -0.05) is 22.4 Å². The summed E-state index contributed by atoms with van der Waals surface area (Å²) >= 11 is 3.58. The first kappa shape index (κ1) is 15.3. The largest absolute Gasteiger partial charge is 0.378 e. The van der Waals surface area contributed by atoms with E-state index in [4.69, 9.17) is 4.74 Å². The van der Waals surface area contributed by atoms with Gasteiger partial charge in [-0.25, -0.2) is 0 Å². The molecule has 110 valence electrons. The molecule has 0 aromatic rings. The van der Waals surface area contributed by atoms with Gasteiger partial charge in [0.05, 0.1) is 6.10 Å². The highest BCUT2D eigenvalue weighted by Gasteiger charge is 2.26. The number of amides is 1. The topological polar surface area (TPSA) is 38.3 Å². The molecule has 1 heterocycles. The van der Waals surface area contributed by atoms with Gasteiger partial charge in [-0.15, -0.1) is 0 Å². The van der Waals surface area contributed by atoms with Gasteiger partial charge in [0.2, 0.25) is 5.91 Å². The molecule has 2 rings (SSSR count). The summed E-state index contributed by atoms with van der Waals surface area (Å²) in [6, 6.07) is 0. The van der Waals surface area contributed by atoms with E-state index in [2.05, 4.69) is 21.2 Å². The highest BCUT2D eigenvalue weighted by molar-refractivity contribution is 9.09. The summed E-state index contributed by atoms with van der Waals surface area (Å²) in [5.41, 5.74) is 0. The maximum atomic E-state index is 11.9. The van der Waals surface area contributed by atoms with Gasteiger partial charge in [0.15, 0.2) is 0 Å². The summed E-state index contributed by atoms with van der Waals surface area (Å²) in [6.07, 6.45) is 9.27. The zero-order valence-electron chi connectivity index (χ0n) is 11.7. The predicted molar refractivity (Wildman–Crippen MR) is 80.5 cm³/mol. The second-order valence-corrected chi connectivity index (χ2v) is 6.58. The number of alkyl halides is 1. The highest BCUT2D eigenvalue weighted by Crippen LogP contribution is 2.32. The minimum Gasteiger partial charge on any atom is -0.378 e. The van der Waals surface area contributed by atoms with E-state index >= 15 is 0 Å². The molecule has 0 aromatic carbocycles. The van der Waals surface area contributed by atoms with Gasteiger partial charge < -0.3 is 10.1 Å². The van der Waals surface area contributed by atoms with Gasteiger partial charge in [0, 0.05) is 24.9 Å². The second kappa shape index (κ2) is 8.25. The van der Waals surface area contributed by atoms with Gasteiger partial charge in [0.25, 0.3) is 0 Å². The van der Waals surface area contributed by atoms with E-state index in [0.29, 0.717) is 18.4 Å². The SMILES string of the molecule is O=C(CCC1CCCCO1)NCC1CCCC1CBr. The summed E-state index contributed by atoms with van der Waals surface area (Å²) < 4.78 is 5.65. The van der Waals surface area contributed by atoms with E-state index in [0.717, 1.165) is 37.2 Å². The summed E-state index contributed by atoms with van der Waals surface area (Å²) in [6.45, 7) is 1.74. The van der Waals surface area contributed by atoms with Crippen LogP contribution < -0.4 is 5.32 Å². The smallest absolute Gasteiger partial charge is 0.220 e. The molecule has 0 spiro atoms. The number of carbonyl (C=O) groups is 1. The number of hydrogen-bond acceptors (Lipinski definition) is 2. The molecule has 1 saturated heterocycles. The lowest BCUT2D eigenvalue weighted by atomic mass is 9.98. The Labute approximate surface area is 125 Å². The van der Waals surface area contributed by atoms with Crippen LogP contribution in [0, 0.1) is 11.8 Å². The molecule has 1 aliphatic heterocycles. The van der Waals surface area contributed by atoms with E-state index in [1.807, 2.05) is 0 Å². The lowest BCUT2D eigenvalue weighted by molar-refractivity contribution is -0.122. The molecule has 0 aromatic heterocycles. The number of halogens is 1.